The second kappa shape index (κ2) is 8.09. The zero-order valence-corrected chi connectivity index (χ0v) is 12.3. The molecule has 1 aromatic carbocycles. The molecule has 0 bridgehead atoms. The summed E-state index contributed by atoms with van der Waals surface area (Å²) < 4.78 is 5.22. The molecule has 2 N–H and O–H groups in total. The Morgan fingerprint density at radius 2 is 2.00 bits per heavy atom. The predicted octanol–water partition coefficient (Wildman–Crippen LogP) is 4.04. The molecular weight excluding hydrogens is 266 g/mol. The Hall–Kier alpha value is -2.30. The maximum atomic E-state index is 11.7. The van der Waals surface area contributed by atoms with Crippen LogP contribution in [0.2, 0.25) is 0 Å². The third-order valence-electron chi connectivity index (χ3n) is 3.13. The van der Waals surface area contributed by atoms with Gasteiger partial charge in [0.15, 0.2) is 11.6 Å². The number of nitrogens with one attached hydrogen (secondary N) is 2. The van der Waals surface area contributed by atoms with Gasteiger partial charge in [0.2, 0.25) is 0 Å². The van der Waals surface area contributed by atoms with E-state index in [1.165, 1.54) is 12.8 Å². The van der Waals surface area contributed by atoms with Crippen LogP contribution in [0.4, 0.5) is 10.6 Å². The number of carbonyl (C=O) groups is 1. The first-order valence-electron chi connectivity index (χ1n) is 7.36. The van der Waals surface area contributed by atoms with Gasteiger partial charge in [0.1, 0.15) is 0 Å². The minimum atomic E-state index is -0.251. The minimum Gasteiger partial charge on any atom is -0.354 e. The molecule has 0 aliphatic heterocycles. The number of benzene rings is 1. The lowest BCUT2D eigenvalue weighted by atomic mass is 10.2. The number of rotatable bonds is 7. The van der Waals surface area contributed by atoms with Gasteiger partial charge in [0.25, 0.3) is 0 Å². The van der Waals surface area contributed by atoms with Crippen molar-refractivity contribution in [2.24, 2.45) is 0 Å². The molecule has 21 heavy (non-hydrogen) atoms. The fourth-order valence-electron chi connectivity index (χ4n) is 1.99. The summed E-state index contributed by atoms with van der Waals surface area (Å²) in [7, 11) is 0. The van der Waals surface area contributed by atoms with Crippen LogP contribution in [0.3, 0.4) is 0 Å². The molecule has 0 saturated carbocycles. The fraction of sp³-hybridized carbons (Fsp3) is 0.375. The molecule has 0 atom stereocenters. The van der Waals surface area contributed by atoms with Crippen molar-refractivity contribution in [1.82, 2.24) is 10.5 Å². The number of carbonyl (C=O) groups excluding carboxylic acids is 1. The van der Waals surface area contributed by atoms with Crippen LogP contribution >= 0.6 is 0 Å². The number of nitrogens with zero attached hydrogens (tertiary/aromatic N) is 1. The summed E-state index contributed by atoms with van der Waals surface area (Å²) in [6.45, 7) is 2.84. The number of anilines is 1. The smallest absolute Gasteiger partial charge is 0.320 e. The van der Waals surface area contributed by atoms with Gasteiger partial charge in [-0.3, -0.25) is 5.32 Å². The first kappa shape index (κ1) is 15.1. The van der Waals surface area contributed by atoms with Gasteiger partial charge in [0.05, 0.1) is 0 Å². The third kappa shape index (κ3) is 4.95. The molecule has 0 radical (unpaired) electrons. The van der Waals surface area contributed by atoms with Crippen molar-refractivity contribution in [3.05, 3.63) is 36.4 Å². The van der Waals surface area contributed by atoms with Crippen LogP contribution in [0.1, 0.15) is 32.6 Å². The lowest BCUT2D eigenvalue weighted by molar-refractivity contribution is 0.251. The van der Waals surface area contributed by atoms with Gasteiger partial charge in [-0.05, 0) is 6.42 Å². The van der Waals surface area contributed by atoms with Crippen molar-refractivity contribution in [3.63, 3.8) is 0 Å². The van der Waals surface area contributed by atoms with E-state index in [9.17, 15) is 4.79 Å². The molecule has 0 unspecified atom stereocenters. The molecule has 0 aliphatic rings. The highest BCUT2D eigenvalue weighted by atomic mass is 16.5. The second-order valence-corrected chi connectivity index (χ2v) is 4.88. The van der Waals surface area contributed by atoms with Crippen molar-refractivity contribution >= 4 is 11.8 Å². The van der Waals surface area contributed by atoms with E-state index in [1.807, 2.05) is 30.3 Å². The maximum Gasteiger partial charge on any atom is 0.320 e. The zero-order valence-electron chi connectivity index (χ0n) is 12.3. The molecule has 2 rings (SSSR count). The Morgan fingerprint density at radius 1 is 1.19 bits per heavy atom. The Bertz CT molecular complexity index is 552. The zero-order chi connectivity index (χ0) is 14.9. The number of unbranched alkanes of at least 4 members (excludes halogenated alkanes) is 3. The molecule has 0 spiro atoms. The number of urea groups is 1. The third-order valence-corrected chi connectivity index (χ3v) is 3.13. The Balaban J connectivity index is 1.78. The van der Waals surface area contributed by atoms with E-state index >= 15 is 0 Å². The average Bonchev–Trinajstić information content (AvgIpc) is 2.96. The summed E-state index contributed by atoms with van der Waals surface area (Å²) in [5.41, 5.74) is 0.929. The molecule has 1 aromatic heterocycles. The van der Waals surface area contributed by atoms with Crippen molar-refractivity contribution in [3.8, 4) is 11.3 Å². The van der Waals surface area contributed by atoms with Gasteiger partial charge in [0, 0.05) is 18.2 Å². The van der Waals surface area contributed by atoms with E-state index in [1.54, 1.807) is 6.07 Å². The highest BCUT2D eigenvalue weighted by Crippen LogP contribution is 2.21. The predicted molar refractivity (Wildman–Crippen MR) is 83.1 cm³/mol. The van der Waals surface area contributed by atoms with Crippen molar-refractivity contribution in [2.45, 2.75) is 32.6 Å². The van der Waals surface area contributed by atoms with E-state index < -0.39 is 0 Å². The first-order valence-corrected chi connectivity index (χ1v) is 7.36. The molecule has 2 aromatic rings. The van der Waals surface area contributed by atoms with Crippen molar-refractivity contribution in [2.75, 3.05) is 11.9 Å². The van der Waals surface area contributed by atoms with Crippen LogP contribution < -0.4 is 10.6 Å². The fourth-order valence-corrected chi connectivity index (χ4v) is 1.99. The molecule has 0 fully saturated rings. The van der Waals surface area contributed by atoms with Gasteiger partial charge in [-0.25, -0.2) is 4.79 Å². The molecular formula is C16H21N3O2. The summed E-state index contributed by atoms with van der Waals surface area (Å²) in [6, 6.07) is 11.1. The first-order chi connectivity index (χ1) is 10.3. The molecule has 1 heterocycles. The standard InChI is InChI=1S/C16H21N3O2/c1-2-3-4-8-11-17-16(20)18-15-12-14(21-19-15)13-9-6-5-7-10-13/h5-7,9-10,12H,2-4,8,11H2,1H3,(H2,17,18,19,20). The van der Waals surface area contributed by atoms with Crippen molar-refractivity contribution in [1.29, 1.82) is 0 Å². The Morgan fingerprint density at radius 3 is 2.76 bits per heavy atom. The normalized spacial score (nSPS) is 10.3. The summed E-state index contributed by atoms with van der Waals surface area (Å²) >= 11 is 0. The van der Waals surface area contributed by atoms with E-state index in [4.69, 9.17) is 4.52 Å². The van der Waals surface area contributed by atoms with E-state index in [-0.39, 0.29) is 6.03 Å². The minimum absolute atomic E-state index is 0.251. The second-order valence-electron chi connectivity index (χ2n) is 4.88. The Labute approximate surface area is 124 Å². The van der Waals surface area contributed by atoms with Gasteiger partial charge >= 0.3 is 6.03 Å². The number of hydrogen-bond acceptors (Lipinski definition) is 3. The average molecular weight is 287 g/mol. The Kier molecular flexibility index (Phi) is 5.82. The van der Waals surface area contributed by atoms with Crippen LogP contribution in [0, 0.1) is 0 Å². The van der Waals surface area contributed by atoms with Gasteiger partial charge in [-0.15, -0.1) is 0 Å². The van der Waals surface area contributed by atoms with Gasteiger partial charge in [-0.1, -0.05) is 61.7 Å². The molecule has 5 nitrogen and oxygen atoms in total. The molecule has 112 valence electrons. The highest BCUT2D eigenvalue weighted by molar-refractivity contribution is 5.88. The van der Waals surface area contributed by atoms with Crippen LogP contribution in [-0.4, -0.2) is 17.7 Å². The van der Waals surface area contributed by atoms with Gasteiger partial charge in [-0.2, -0.15) is 0 Å². The summed E-state index contributed by atoms with van der Waals surface area (Å²) in [5.74, 6) is 1.05. The van der Waals surface area contributed by atoms with Crippen molar-refractivity contribution < 1.29 is 9.32 Å². The molecule has 2 amide bonds. The number of hydrogen-bond donors (Lipinski definition) is 2. The molecule has 0 saturated heterocycles. The summed E-state index contributed by atoms with van der Waals surface area (Å²) in [4.78, 5) is 11.7. The lowest BCUT2D eigenvalue weighted by Gasteiger charge is -2.04. The van der Waals surface area contributed by atoms with Crippen LogP contribution in [0.5, 0.6) is 0 Å². The molecule has 0 aliphatic carbocycles. The summed E-state index contributed by atoms with van der Waals surface area (Å²) in [5, 5.41) is 9.32. The highest BCUT2D eigenvalue weighted by Gasteiger charge is 2.08. The number of amides is 2. The molecule has 5 heteroatoms. The topological polar surface area (TPSA) is 67.2 Å². The van der Waals surface area contributed by atoms with E-state index in [2.05, 4.69) is 22.7 Å². The van der Waals surface area contributed by atoms with Crippen LogP contribution in [0.25, 0.3) is 11.3 Å². The maximum absolute atomic E-state index is 11.7. The largest absolute Gasteiger partial charge is 0.354 e. The van der Waals surface area contributed by atoms with Gasteiger partial charge < -0.3 is 9.84 Å². The quantitative estimate of drug-likeness (QED) is 0.755. The van der Waals surface area contributed by atoms with Crippen LogP contribution in [0.15, 0.2) is 40.9 Å². The van der Waals surface area contributed by atoms with E-state index in [0.717, 1.165) is 18.4 Å². The van der Waals surface area contributed by atoms with Crippen LogP contribution in [-0.2, 0) is 0 Å². The SMILES string of the molecule is CCCCCCNC(=O)Nc1cc(-c2ccccc2)on1. The lowest BCUT2D eigenvalue weighted by Crippen LogP contribution is -2.29. The van der Waals surface area contributed by atoms with E-state index in [0.29, 0.717) is 18.1 Å². The number of aromatic nitrogens is 1. The summed E-state index contributed by atoms with van der Waals surface area (Å²) in [6.07, 6.45) is 4.52. The monoisotopic (exact) mass is 287 g/mol.